The van der Waals surface area contributed by atoms with E-state index in [0.29, 0.717) is 13.0 Å². The molecule has 0 heterocycles. The second-order valence-corrected chi connectivity index (χ2v) is 12.1. The molecule has 1 rings (SSSR count). The molecular weight excluding hydrogens is 442 g/mol. The van der Waals surface area contributed by atoms with Gasteiger partial charge in [0.25, 0.3) is 0 Å². The normalized spacial score (nSPS) is 17.1. The van der Waals surface area contributed by atoms with Crippen LogP contribution in [-0.2, 0) is 9.53 Å². The summed E-state index contributed by atoms with van der Waals surface area (Å²) in [5.41, 5.74) is 0. The van der Waals surface area contributed by atoms with Gasteiger partial charge in [0, 0.05) is 6.42 Å². The Hall–Kier alpha value is -0.570. The molecule has 0 aromatic carbocycles. The number of esters is 1. The monoisotopic (exact) mass is 508 g/mol. The van der Waals surface area contributed by atoms with Crippen LogP contribution in [0.1, 0.15) is 167 Å². The first-order valence-corrected chi connectivity index (χ1v) is 16.4. The molecule has 0 amide bonds. The maximum Gasteiger partial charge on any atom is 0.305 e. The average molecular weight is 508 g/mol. The van der Waals surface area contributed by atoms with Crippen LogP contribution in [0.5, 0.6) is 0 Å². The van der Waals surface area contributed by atoms with Crippen molar-refractivity contribution in [2.45, 2.75) is 167 Å². The lowest BCUT2D eigenvalue weighted by Crippen LogP contribution is -2.12. The first kappa shape index (κ1) is 33.5. The van der Waals surface area contributed by atoms with Crippen molar-refractivity contribution in [2.75, 3.05) is 27.2 Å². The van der Waals surface area contributed by atoms with Crippen LogP contribution in [0.3, 0.4) is 0 Å². The molecule has 0 aromatic rings. The summed E-state index contributed by atoms with van der Waals surface area (Å²) in [5.74, 6) is 2.10. The van der Waals surface area contributed by atoms with E-state index in [-0.39, 0.29) is 5.97 Å². The molecule has 2 atom stereocenters. The third kappa shape index (κ3) is 22.6. The SMILES string of the molecule is CCOC(=O)CCCCCCCC1CC1CCCCCCCCCCCCCCCCCCN(C)C. The average Bonchev–Trinajstić information content (AvgIpc) is 3.60. The highest BCUT2D eigenvalue weighted by molar-refractivity contribution is 5.69. The summed E-state index contributed by atoms with van der Waals surface area (Å²) < 4.78 is 4.98. The van der Waals surface area contributed by atoms with E-state index in [1.807, 2.05) is 6.92 Å². The molecule has 0 aromatic heterocycles. The predicted octanol–water partition coefficient (Wildman–Crippen LogP) is 10.1. The number of nitrogens with zero attached hydrogens (tertiary/aromatic N) is 1. The quantitative estimate of drug-likeness (QED) is 0.0779. The van der Waals surface area contributed by atoms with E-state index >= 15 is 0 Å². The Morgan fingerprint density at radius 2 is 0.944 bits per heavy atom. The number of ether oxygens (including phenoxy) is 1. The van der Waals surface area contributed by atoms with Gasteiger partial charge < -0.3 is 9.64 Å². The maximum absolute atomic E-state index is 11.3. The molecule has 0 radical (unpaired) electrons. The molecule has 1 aliphatic rings. The molecule has 1 aliphatic carbocycles. The van der Waals surface area contributed by atoms with Crippen LogP contribution < -0.4 is 0 Å². The van der Waals surface area contributed by atoms with Gasteiger partial charge in [0.15, 0.2) is 0 Å². The second kappa shape index (κ2) is 24.7. The Labute approximate surface area is 226 Å². The summed E-state index contributed by atoms with van der Waals surface area (Å²) in [5, 5.41) is 0. The van der Waals surface area contributed by atoms with Crippen molar-refractivity contribution in [3.63, 3.8) is 0 Å². The zero-order valence-electron chi connectivity index (χ0n) is 25.0. The summed E-state index contributed by atoms with van der Waals surface area (Å²) in [7, 11) is 4.35. The van der Waals surface area contributed by atoms with E-state index in [1.54, 1.807) is 0 Å². The fraction of sp³-hybridized carbons (Fsp3) is 0.970. The van der Waals surface area contributed by atoms with E-state index in [0.717, 1.165) is 18.3 Å². The lowest BCUT2D eigenvalue weighted by Gasteiger charge is -2.08. The van der Waals surface area contributed by atoms with Crippen LogP contribution in [0.2, 0.25) is 0 Å². The zero-order chi connectivity index (χ0) is 26.1. The Kier molecular flexibility index (Phi) is 23.0. The summed E-state index contributed by atoms with van der Waals surface area (Å²) in [6.07, 6.45) is 34.6. The minimum atomic E-state index is -0.0214. The lowest BCUT2D eigenvalue weighted by atomic mass is 10.0. The lowest BCUT2D eigenvalue weighted by molar-refractivity contribution is -0.143. The fourth-order valence-electron chi connectivity index (χ4n) is 5.77. The molecular formula is C33H65NO2. The highest BCUT2D eigenvalue weighted by atomic mass is 16.5. The highest BCUT2D eigenvalue weighted by Gasteiger charge is 2.34. The van der Waals surface area contributed by atoms with Gasteiger partial charge in [0.1, 0.15) is 0 Å². The number of rotatable bonds is 28. The van der Waals surface area contributed by atoms with Crippen LogP contribution >= 0.6 is 0 Å². The first-order chi connectivity index (χ1) is 17.6. The van der Waals surface area contributed by atoms with E-state index in [2.05, 4.69) is 19.0 Å². The smallest absolute Gasteiger partial charge is 0.305 e. The number of carbonyl (C=O) groups excluding carboxylic acids is 1. The standard InChI is InChI=1S/C33H65NO2/c1-4-36-33(35)28-24-20-17-19-23-27-32-30-31(32)26-22-18-15-13-11-9-7-5-6-8-10-12-14-16-21-25-29-34(2)3/h31-32H,4-30H2,1-3H3. The van der Waals surface area contributed by atoms with Crippen molar-refractivity contribution in [3.05, 3.63) is 0 Å². The highest BCUT2D eigenvalue weighted by Crippen LogP contribution is 2.45. The van der Waals surface area contributed by atoms with E-state index in [9.17, 15) is 4.79 Å². The molecule has 0 bridgehead atoms. The van der Waals surface area contributed by atoms with Crippen molar-refractivity contribution < 1.29 is 9.53 Å². The van der Waals surface area contributed by atoms with Crippen LogP contribution in [-0.4, -0.2) is 38.1 Å². The molecule has 0 aliphatic heterocycles. The number of hydrogen-bond donors (Lipinski definition) is 0. The molecule has 214 valence electrons. The van der Waals surface area contributed by atoms with Gasteiger partial charge in [-0.05, 0) is 58.7 Å². The van der Waals surface area contributed by atoms with Crippen LogP contribution in [0, 0.1) is 11.8 Å². The van der Waals surface area contributed by atoms with Crippen LogP contribution in [0.25, 0.3) is 0 Å². The maximum atomic E-state index is 11.3. The van der Waals surface area contributed by atoms with E-state index < -0.39 is 0 Å². The fourth-order valence-corrected chi connectivity index (χ4v) is 5.77. The van der Waals surface area contributed by atoms with Crippen molar-refractivity contribution in [3.8, 4) is 0 Å². The van der Waals surface area contributed by atoms with Crippen LogP contribution in [0.4, 0.5) is 0 Å². The molecule has 0 spiro atoms. The molecule has 3 nitrogen and oxygen atoms in total. The van der Waals surface area contributed by atoms with Gasteiger partial charge in [-0.25, -0.2) is 0 Å². The largest absolute Gasteiger partial charge is 0.466 e. The van der Waals surface area contributed by atoms with Gasteiger partial charge in [-0.1, -0.05) is 135 Å². The Bertz CT molecular complexity index is 478. The summed E-state index contributed by atoms with van der Waals surface area (Å²) in [6.45, 7) is 3.65. The summed E-state index contributed by atoms with van der Waals surface area (Å²) in [6, 6.07) is 0. The van der Waals surface area contributed by atoms with Crippen molar-refractivity contribution in [1.29, 1.82) is 0 Å². The van der Waals surface area contributed by atoms with E-state index in [4.69, 9.17) is 4.74 Å². The molecule has 2 unspecified atom stereocenters. The Morgan fingerprint density at radius 1 is 0.583 bits per heavy atom. The number of carbonyl (C=O) groups is 1. The molecule has 1 fully saturated rings. The number of hydrogen-bond acceptors (Lipinski definition) is 3. The van der Waals surface area contributed by atoms with Gasteiger partial charge in [-0.3, -0.25) is 4.79 Å². The van der Waals surface area contributed by atoms with Crippen molar-refractivity contribution in [1.82, 2.24) is 4.90 Å². The van der Waals surface area contributed by atoms with Gasteiger partial charge in [-0.15, -0.1) is 0 Å². The van der Waals surface area contributed by atoms with E-state index in [1.165, 1.54) is 154 Å². The Balaban J connectivity index is 1.69. The van der Waals surface area contributed by atoms with Gasteiger partial charge in [0.2, 0.25) is 0 Å². The molecule has 1 saturated carbocycles. The second-order valence-electron chi connectivity index (χ2n) is 12.1. The minimum absolute atomic E-state index is 0.0214. The van der Waals surface area contributed by atoms with Gasteiger partial charge in [0.05, 0.1) is 6.61 Å². The van der Waals surface area contributed by atoms with Crippen molar-refractivity contribution >= 4 is 5.97 Å². The summed E-state index contributed by atoms with van der Waals surface area (Å²) in [4.78, 5) is 13.6. The topological polar surface area (TPSA) is 29.5 Å². The first-order valence-electron chi connectivity index (χ1n) is 16.4. The molecule has 3 heteroatoms. The van der Waals surface area contributed by atoms with Gasteiger partial charge in [-0.2, -0.15) is 0 Å². The predicted molar refractivity (Wildman–Crippen MR) is 158 cm³/mol. The molecule has 0 saturated heterocycles. The summed E-state index contributed by atoms with van der Waals surface area (Å²) >= 11 is 0. The van der Waals surface area contributed by atoms with Crippen LogP contribution in [0.15, 0.2) is 0 Å². The number of unbranched alkanes of at least 4 members (excludes halogenated alkanes) is 19. The minimum Gasteiger partial charge on any atom is -0.466 e. The zero-order valence-corrected chi connectivity index (χ0v) is 25.0. The van der Waals surface area contributed by atoms with Crippen molar-refractivity contribution in [2.24, 2.45) is 11.8 Å². The Morgan fingerprint density at radius 3 is 1.33 bits per heavy atom. The third-order valence-electron chi connectivity index (χ3n) is 8.26. The van der Waals surface area contributed by atoms with Gasteiger partial charge >= 0.3 is 5.97 Å². The molecule has 36 heavy (non-hydrogen) atoms. The third-order valence-corrected chi connectivity index (χ3v) is 8.26. The molecule has 0 N–H and O–H groups in total.